The van der Waals surface area contributed by atoms with Crippen LogP contribution in [-0.2, 0) is 0 Å². The molecule has 154 valence electrons. The van der Waals surface area contributed by atoms with Gasteiger partial charge in [-0.25, -0.2) is 4.99 Å². The van der Waals surface area contributed by atoms with Crippen LogP contribution in [0, 0.1) is 34.1 Å². The van der Waals surface area contributed by atoms with Gasteiger partial charge in [-0.3, -0.25) is 9.89 Å². The fourth-order valence-corrected chi connectivity index (χ4v) is 2.84. The number of allylic oxidation sites excluding steroid dienone is 4. The zero-order valence-corrected chi connectivity index (χ0v) is 17.9. The molecular formula is C22H26N8. The largest absolute Gasteiger partial charge is 0.330 e. The van der Waals surface area contributed by atoms with Crippen molar-refractivity contribution in [2.75, 3.05) is 20.1 Å². The molecule has 0 aliphatic heterocycles. The molecule has 0 amide bonds. The van der Waals surface area contributed by atoms with E-state index in [9.17, 15) is 10.5 Å². The van der Waals surface area contributed by atoms with Gasteiger partial charge in [0.2, 0.25) is 0 Å². The van der Waals surface area contributed by atoms with Crippen molar-refractivity contribution >= 4 is 11.4 Å². The summed E-state index contributed by atoms with van der Waals surface area (Å²) in [6.07, 6.45) is 2.61. The molecule has 0 aromatic carbocycles. The van der Waals surface area contributed by atoms with Crippen molar-refractivity contribution in [3.8, 4) is 18.3 Å². The molecule has 0 fully saturated rings. The first-order chi connectivity index (χ1) is 14.2. The zero-order chi connectivity index (χ0) is 23.0. The third kappa shape index (κ3) is 4.98. The van der Waals surface area contributed by atoms with Gasteiger partial charge in [-0.15, -0.1) is 0 Å². The molecule has 0 bridgehead atoms. The maximum atomic E-state index is 9.53. The highest BCUT2D eigenvalue weighted by molar-refractivity contribution is 6.18. The molecule has 0 aromatic heterocycles. The highest BCUT2D eigenvalue weighted by Crippen LogP contribution is 2.35. The van der Waals surface area contributed by atoms with E-state index in [0.717, 1.165) is 11.3 Å². The van der Waals surface area contributed by atoms with Gasteiger partial charge in [0.25, 0.3) is 0 Å². The highest BCUT2D eigenvalue weighted by Gasteiger charge is 2.28. The Morgan fingerprint density at radius 1 is 1.13 bits per heavy atom. The van der Waals surface area contributed by atoms with Crippen LogP contribution >= 0.6 is 0 Å². The summed E-state index contributed by atoms with van der Waals surface area (Å²) in [5.41, 5.74) is 16.3. The van der Waals surface area contributed by atoms with Crippen molar-refractivity contribution in [2.45, 2.75) is 27.2 Å². The molecule has 0 saturated carbocycles. The molecule has 0 saturated heterocycles. The molecule has 0 aromatic rings. The van der Waals surface area contributed by atoms with E-state index < -0.39 is 0 Å². The van der Waals surface area contributed by atoms with E-state index >= 15 is 0 Å². The van der Waals surface area contributed by atoms with Crippen LogP contribution in [0.2, 0.25) is 0 Å². The predicted octanol–water partition coefficient (Wildman–Crippen LogP) is 2.58. The van der Waals surface area contributed by atoms with Gasteiger partial charge in [0.1, 0.15) is 12.1 Å². The Bertz CT molecular complexity index is 1040. The van der Waals surface area contributed by atoms with Crippen LogP contribution in [0.1, 0.15) is 27.2 Å². The molecular weight excluding hydrogens is 376 g/mol. The van der Waals surface area contributed by atoms with Crippen LogP contribution in [0.4, 0.5) is 0 Å². The third-order valence-corrected chi connectivity index (χ3v) is 4.69. The van der Waals surface area contributed by atoms with Crippen LogP contribution < -0.4 is 11.5 Å². The molecule has 0 spiro atoms. The Morgan fingerprint density at radius 3 is 2.23 bits per heavy atom. The number of aliphatic imine (C=N–C) groups is 2. The normalized spacial score (nSPS) is 16.7. The second kappa shape index (κ2) is 10.7. The van der Waals surface area contributed by atoms with E-state index in [1.54, 1.807) is 20.9 Å². The quantitative estimate of drug-likeness (QED) is 0.289. The summed E-state index contributed by atoms with van der Waals surface area (Å²) in [7, 11) is 1.58. The standard InChI is InChI=1S/C22H26N8/c1-13(9-24)18(7-8-23)28-20-15(3)16(4)21(22(17(20)5)30(6)12-27)29-19(11-26)14(2)10-25/h2-3,7-9,23-24H2,1,4-6H3/b18-13+,28-20+,29-19-. The lowest BCUT2D eigenvalue weighted by atomic mass is 9.88. The Hall–Kier alpha value is -3.77. The average Bonchev–Trinajstić information content (AvgIpc) is 2.75. The zero-order valence-electron chi connectivity index (χ0n) is 17.9. The second-order valence-electron chi connectivity index (χ2n) is 6.68. The summed E-state index contributed by atoms with van der Waals surface area (Å²) in [4.78, 5) is 10.5. The van der Waals surface area contributed by atoms with Crippen LogP contribution in [0.3, 0.4) is 0 Å². The predicted molar refractivity (Wildman–Crippen MR) is 119 cm³/mol. The van der Waals surface area contributed by atoms with Gasteiger partial charge in [0.05, 0.1) is 22.7 Å². The molecule has 8 heteroatoms. The first-order valence-corrected chi connectivity index (χ1v) is 9.19. The number of likely N-dealkylation sites (N-methyl/N-ethyl adjacent to an activating group) is 1. The lowest BCUT2D eigenvalue weighted by Crippen LogP contribution is -2.24. The van der Waals surface area contributed by atoms with Crippen LogP contribution in [0.15, 0.2) is 68.1 Å². The van der Waals surface area contributed by atoms with E-state index in [1.165, 1.54) is 4.90 Å². The molecule has 30 heavy (non-hydrogen) atoms. The van der Waals surface area contributed by atoms with Crippen molar-refractivity contribution < 1.29 is 0 Å². The van der Waals surface area contributed by atoms with Crippen LogP contribution in [0.25, 0.3) is 0 Å². The lowest BCUT2D eigenvalue weighted by Gasteiger charge is -2.27. The number of nitriles is 3. The van der Waals surface area contributed by atoms with Gasteiger partial charge < -0.3 is 11.5 Å². The topological polar surface area (TPSA) is 151 Å². The van der Waals surface area contributed by atoms with E-state index in [1.807, 2.05) is 19.1 Å². The molecule has 0 atom stereocenters. The molecule has 0 unspecified atom stereocenters. The lowest BCUT2D eigenvalue weighted by molar-refractivity contribution is 0.590. The smallest absolute Gasteiger partial charge is 0.184 e. The van der Waals surface area contributed by atoms with Gasteiger partial charge in [0.15, 0.2) is 11.9 Å². The minimum Gasteiger partial charge on any atom is -0.330 e. The summed E-state index contributed by atoms with van der Waals surface area (Å²) in [5, 5.41) is 28.0. The average molecular weight is 403 g/mol. The Labute approximate surface area is 177 Å². The summed E-state index contributed by atoms with van der Waals surface area (Å²) >= 11 is 0. The molecule has 1 aliphatic rings. The number of hydrogen-bond acceptors (Lipinski definition) is 8. The van der Waals surface area contributed by atoms with E-state index in [4.69, 9.17) is 21.7 Å². The highest BCUT2D eigenvalue weighted by atomic mass is 15.1. The van der Waals surface area contributed by atoms with E-state index in [2.05, 4.69) is 24.3 Å². The summed E-state index contributed by atoms with van der Waals surface area (Å²) < 4.78 is 0. The first kappa shape index (κ1) is 24.3. The SMILES string of the molecule is C=C(C#N)/C(C#N)=N\C1=C(C)C(=C)/C(=N\C(CCN)=C(/C)CN)C(C)=C1N(C)C#N. The molecule has 1 rings (SSSR count). The van der Waals surface area contributed by atoms with Crippen LogP contribution in [0.5, 0.6) is 0 Å². The van der Waals surface area contributed by atoms with Crippen molar-refractivity contribution in [1.82, 2.24) is 4.90 Å². The summed E-state index contributed by atoms with van der Waals surface area (Å²) in [6, 6.07) is 3.71. The maximum absolute atomic E-state index is 9.53. The fourth-order valence-electron chi connectivity index (χ4n) is 2.84. The van der Waals surface area contributed by atoms with Gasteiger partial charge in [-0.2, -0.15) is 15.8 Å². The maximum Gasteiger partial charge on any atom is 0.184 e. The molecule has 1 aliphatic carbocycles. The number of hydrogen-bond donors (Lipinski definition) is 2. The Morgan fingerprint density at radius 2 is 1.77 bits per heavy atom. The van der Waals surface area contributed by atoms with Crippen molar-refractivity contribution in [1.29, 1.82) is 15.8 Å². The number of nitrogens with two attached hydrogens (primary N) is 2. The third-order valence-electron chi connectivity index (χ3n) is 4.69. The molecule has 0 heterocycles. The number of nitrogens with zero attached hydrogens (tertiary/aromatic N) is 6. The van der Waals surface area contributed by atoms with Gasteiger partial charge in [0, 0.05) is 31.3 Å². The van der Waals surface area contributed by atoms with Crippen LogP contribution in [-0.4, -0.2) is 36.5 Å². The molecule has 4 N–H and O–H groups in total. The van der Waals surface area contributed by atoms with Crippen molar-refractivity contribution in [2.24, 2.45) is 21.5 Å². The van der Waals surface area contributed by atoms with E-state index in [-0.39, 0.29) is 11.3 Å². The second-order valence-corrected chi connectivity index (χ2v) is 6.68. The summed E-state index contributed by atoms with van der Waals surface area (Å²) in [5.74, 6) is 0. The fraction of sp³-hybridized carbons (Fsp3) is 0.318. The minimum absolute atomic E-state index is 0.0637. The monoisotopic (exact) mass is 402 g/mol. The Balaban J connectivity index is 3.88. The van der Waals surface area contributed by atoms with E-state index in [0.29, 0.717) is 53.3 Å². The van der Waals surface area contributed by atoms with Crippen molar-refractivity contribution in [3.05, 3.63) is 58.1 Å². The first-order valence-electron chi connectivity index (χ1n) is 9.19. The number of rotatable bonds is 7. The van der Waals surface area contributed by atoms with Gasteiger partial charge >= 0.3 is 0 Å². The minimum atomic E-state index is -0.126. The van der Waals surface area contributed by atoms with Gasteiger partial charge in [-0.05, 0) is 44.0 Å². The van der Waals surface area contributed by atoms with Gasteiger partial charge in [-0.1, -0.05) is 13.2 Å². The Kier molecular flexibility index (Phi) is 8.64. The van der Waals surface area contributed by atoms with Crippen molar-refractivity contribution in [3.63, 3.8) is 0 Å². The molecule has 8 nitrogen and oxygen atoms in total. The molecule has 0 radical (unpaired) electrons. The summed E-state index contributed by atoms with van der Waals surface area (Å²) in [6.45, 7) is 13.9.